The lowest BCUT2D eigenvalue weighted by Crippen LogP contribution is -2.35. The smallest absolute Gasteiger partial charge is 0.241 e. The van der Waals surface area contributed by atoms with Gasteiger partial charge in [-0.1, -0.05) is 32.9 Å². The molecule has 0 saturated heterocycles. The number of nitrogens with one attached hydrogen (secondary N) is 1. The van der Waals surface area contributed by atoms with Crippen LogP contribution in [0, 0.1) is 6.92 Å². The van der Waals surface area contributed by atoms with Crippen LogP contribution in [0.25, 0.3) is 0 Å². The molecule has 1 rings (SSSR count). The number of benzene rings is 1. The lowest BCUT2D eigenvalue weighted by Gasteiger charge is -2.21. The van der Waals surface area contributed by atoms with Gasteiger partial charge in [0.05, 0.1) is 11.5 Å². The van der Waals surface area contributed by atoms with Gasteiger partial charge >= 0.3 is 0 Å². The third-order valence-corrected chi connectivity index (χ3v) is 4.71. The molecule has 4 nitrogen and oxygen atoms in total. The predicted molar refractivity (Wildman–Crippen MR) is 76.7 cm³/mol. The standard InChI is InChI=1S/C14H23NO3S/c1-10-6-7-12(14(3,4)5)8-13(10)19(17,18)15-11(2)9-16/h6-8,11,15-16H,9H2,1-5H3. The molecule has 1 unspecified atom stereocenters. The first-order valence-corrected chi connectivity index (χ1v) is 7.80. The maximum atomic E-state index is 12.3. The van der Waals surface area contributed by atoms with Gasteiger partial charge in [-0.2, -0.15) is 0 Å². The van der Waals surface area contributed by atoms with Crippen molar-refractivity contribution in [3.05, 3.63) is 29.3 Å². The van der Waals surface area contributed by atoms with E-state index in [1.807, 2.05) is 32.9 Å². The molecule has 5 heteroatoms. The largest absolute Gasteiger partial charge is 0.395 e. The van der Waals surface area contributed by atoms with E-state index in [9.17, 15) is 8.42 Å². The Morgan fingerprint density at radius 2 is 1.89 bits per heavy atom. The SMILES string of the molecule is Cc1ccc(C(C)(C)C)cc1S(=O)(=O)NC(C)CO. The number of aliphatic hydroxyl groups excluding tert-OH is 1. The molecular weight excluding hydrogens is 262 g/mol. The maximum Gasteiger partial charge on any atom is 0.241 e. The summed E-state index contributed by atoms with van der Waals surface area (Å²) in [6.45, 7) is 9.29. The molecule has 19 heavy (non-hydrogen) atoms. The van der Waals surface area contributed by atoms with E-state index >= 15 is 0 Å². The fraction of sp³-hybridized carbons (Fsp3) is 0.571. The van der Waals surface area contributed by atoms with Gasteiger partial charge in [-0.05, 0) is 36.5 Å². The van der Waals surface area contributed by atoms with Crippen molar-refractivity contribution >= 4 is 10.0 Å². The molecule has 0 saturated carbocycles. The van der Waals surface area contributed by atoms with Gasteiger partial charge in [-0.3, -0.25) is 0 Å². The molecule has 0 amide bonds. The quantitative estimate of drug-likeness (QED) is 0.888. The normalized spacial score (nSPS) is 14.4. The Bertz CT molecular complexity index is 544. The van der Waals surface area contributed by atoms with Crippen LogP contribution in [0.5, 0.6) is 0 Å². The van der Waals surface area contributed by atoms with E-state index < -0.39 is 16.1 Å². The van der Waals surface area contributed by atoms with Gasteiger partial charge in [0, 0.05) is 6.04 Å². The zero-order valence-electron chi connectivity index (χ0n) is 12.2. The molecule has 108 valence electrons. The highest BCUT2D eigenvalue weighted by molar-refractivity contribution is 7.89. The molecule has 0 aliphatic rings. The summed E-state index contributed by atoms with van der Waals surface area (Å²) in [7, 11) is -3.60. The number of hydrogen-bond donors (Lipinski definition) is 2. The predicted octanol–water partition coefficient (Wildman–Crippen LogP) is 1.95. The zero-order valence-corrected chi connectivity index (χ0v) is 13.0. The molecule has 1 aromatic carbocycles. The van der Waals surface area contributed by atoms with Gasteiger partial charge in [-0.25, -0.2) is 13.1 Å². The van der Waals surface area contributed by atoms with Crippen molar-refractivity contribution in [2.24, 2.45) is 0 Å². The van der Waals surface area contributed by atoms with Crippen LogP contribution in [0.1, 0.15) is 38.8 Å². The molecule has 0 radical (unpaired) electrons. The first-order valence-electron chi connectivity index (χ1n) is 6.32. The summed E-state index contributed by atoms with van der Waals surface area (Å²) in [5, 5.41) is 8.97. The molecule has 0 spiro atoms. The van der Waals surface area contributed by atoms with E-state index in [0.29, 0.717) is 5.56 Å². The molecule has 1 atom stereocenters. The van der Waals surface area contributed by atoms with Crippen LogP contribution in [-0.4, -0.2) is 26.2 Å². The van der Waals surface area contributed by atoms with Crippen molar-refractivity contribution in [3.63, 3.8) is 0 Å². The number of sulfonamides is 1. The average Bonchev–Trinajstić information content (AvgIpc) is 2.26. The first kappa shape index (κ1) is 16.1. The van der Waals surface area contributed by atoms with E-state index in [2.05, 4.69) is 4.72 Å². The van der Waals surface area contributed by atoms with Crippen molar-refractivity contribution in [3.8, 4) is 0 Å². The molecule has 0 aromatic heterocycles. The van der Waals surface area contributed by atoms with Gasteiger partial charge in [-0.15, -0.1) is 0 Å². The third kappa shape index (κ3) is 4.03. The van der Waals surface area contributed by atoms with Gasteiger partial charge in [0.2, 0.25) is 10.0 Å². The summed E-state index contributed by atoms with van der Waals surface area (Å²) in [6, 6.07) is 4.98. The highest BCUT2D eigenvalue weighted by Crippen LogP contribution is 2.26. The molecule has 2 N–H and O–H groups in total. The van der Waals surface area contributed by atoms with Crippen LogP contribution < -0.4 is 4.72 Å². The van der Waals surface area contributed by atoms with Gasteiger partial charge in [0.15, 0.2) is 0 Å². The summed E-state index contributed by atoms with van der Waals surface area (Å²) in [4.78, 5) is 0.278. The molecule has 0 aliphatic carbocycles. The van der Waals surface area contributed by atoms with E-state index in [1.54, 1.807) is 19.9 Å². The number of aliphatic hydroxyl groups is 1. The second-order valence-electron chi connectivity index (χ2n) is 5.94. The highest BCUT2D eigenvalue weighted by atomic mass is 32.2. The van der Waals surface area contributed by atoms with Crippen LogP contribution in [0.3, 0.4) is 0 Å². The van der Waals surface area contributed by atoms with E-state index in [4.69, 9.17) is 5.11 Å². The zero-order chi connectivity index (χ0) is 14.8. The van der Waals surface area contributed by atoms with Crippen LogP contribution in [-0.2, 0) is 15.4 Å². The Labute approximate surface area is 115 Å². The Hall–Kier alpha value is -0.910. The monoisotopic (exact) mass is 285 g/mol. The molecule has 0 fully saturated rings. The Morgan fingerprint density at radius 1 is 1.32 bits per heavy atom. The molecular formula is C14H23NO3S. The Balaban J connectivity index is 3.26. The average molecular weight is 285 g/mol. The Kier molecular flexibility index (Phi) is 4.76. The number of rotatable bonds is 4. The van der Waals surface area contributed by atoms with Crippen molar-refractivity contribution in [1.82, 2.24) is 4.72 Å². The minimum absolute atomic E-state index is 0.111. The van der Waals surface area contributed by atoms with Gasteiger partial charge in [0.25, 0.3) is 0 Å². The molecule has 0 bridgehead atoms. The second-order valence-corrected chi connectivity index (χ2v) is 7.62. The fourth-order valence-corrected chi connectivity index (χ4v) is 3.23. The summed E-state index contributed by atoms with van der Waals surface area (Å²) in [6.07, 6.45) is 0. The van der Waals surface area contributed by atoms with Crippen LogP contribution in [0.15, 0.2) is 23.1 Å². The maximum absolute atomic E-state index is 12.3. The summed E-state index contributed by atoms with van der Waals surface area (Å²) in [5.74, 6) is 0. The summed E-state index contributed by atoms with van der Waals surface area (Å²) < 4.78 is 27.0. The van der Waals surface area contributed by atoms with Gasteiger partial charge in [0.1, 0.15) is 0 Å². The van der Waals surface area contributed by atoms with Crippen LogP contribution in [0.2, 0.25) is 0 Å². The van der Waals surface area contributed by atoms with E-state index in [-0.39, 0.29) is 16.9 Å². The third-order valence-electron chi connectivity index (χ3n) is 2.97. The number of hydrogen-bond acceptors (Lipinski definition) is 3. The van der Waals surface area contributed by atoms with E-state index in [1.165, 1.54) is 0 Å². The summed E-state index contributed by atoms with van der Waals surface area (Å²) >= 11 is 0. The van der Waals surface area contributed by atoms with Crippen LogP contribution in [0.4, 0.5) is 0 Å². The van der Waals surface area contributed by atoms with Crippen molar-refractivity contribution in [2.75, 3.05) is 6.61 Å². The lowest BCUT2D eigenvalue weighted by atomic mass is 9.87. The topological polar surface area (TPSA) is 66.4 Å². The number of aryl methyl sites for hydroxylation is 1. The highest BCUT2D eigenvalue weighted by Gasteiger charge is 2.22. The fourth-order valence-electron chi connectivity index (χ4n) is 1.72. The first-order chi connectivity index (χ1) is 8.58. The van der Waals surface area contributed by atoms with Crippen molar-refractivity contribution in [2.45, 2.75) is 51.0 Å². The van der Waals surface area contributed by atoms with Crippen molar-refractivity contribution in [1.29, 1.82) is 0 Å². The van der Waals surface area contributed by atoms with Gasteiger partial charge < -0.3 is 5.11 Å². The minimum Gasteiger partial charge on any atom is -0.395 e. The Morgan fingerprint density at radius 3 is 2.37 bits per heavy atom. The summed E-state index contributed by atoms with van der Waals surface area (Å²) in [5.41, 5.74) is 1.56. The molecule has 1 aromatic rings. The van der Waals surface area contributed by atoms with Crippen molar-refractivity contribution < 1.29 is 13.5 Å². The lowest BCUT2D eigenvalue weighted by molar-refractivity contribution is 0.265. The second kappa shape index (κ2) is 5.61. The minimum atomic E-state index is -3.60. The van der Waals surface area contributed by atoms with E-state index in [0.717, 1.165) is 5.56 Å². The van der Waals surface area contributed by atoms with Crippen LogP contribution >= 0.6 is 0 Å². The molecule has 0 aliphatic heterocycles. The molecule has 0 heterocycles.